The van der Waals surface area contributed by atoms with Gasteiger partial charge < -0.3 is 14.8 Å². The third-order valence-electron chi connectivity index (χ3n) is 3.32. The van der Waals surface area contributed by atoms with Crippen LogP contribution in [0, 0.1) is 11.7 Å². The lowest BCUT2D eigenvalue weighted by Crippen LogP contribution is -2.38. The molecule has 0 amide bonds. The van der Waals surface area contributed by atoms with Crippen molar-refractivity contribution in [3.8, 4) is 5.75 Å². The van der Waals surface area contributed by atoms with Crippen LogP contribution in [-0.2, 0) is 4.74 Å². The summed E-state index contributed by atoms with van der Waals surface area (Å²) in [6, 6.07) is 5.05. The molecule has 2 unspecified atom stereocenters. The van der Waals surface area contributed by atoms with Crippen LogP contribution in [0.2, 0.25) is 0 Å². The van der Waals surface area contributed by atoms with Gasteiger partial charge in [0.05, 0.1) is 19.3 Å². The topological polar surface area (TPSA) is 30.5 Å². The van der Waals surface area contributed by atoms with Crippen LogP contribution in [0.3, 0.4) is 0 Å². The van der Waals surface area contributed by atoms with E-state index in [1.54, 1.807) is 12.1 Å². The van der Waals surface area contributed by atoms with Crippen molar-refractivity contribution in [3.05, 3.63) is 29.6 Å². The third kappa shape index (κ3) is 3.93. The Morgan fingerprint density at radius 2 is 1.95 bits per heavy atom. The fraction of sp³-hybridized carbons (Fsp3) is 0.625. The molecule has 1 aromatic rings. The van der Waals surface area contributed by atoms with Crippen molar-refractivity contribution in [2.24, 2.45) is 5.92 Å². The Hall–Kier alpha value is -1.13. The van der Waals surface area contributed by atoms with Gasteiger partial charge in [0.25, 0.3) is 0 Å². The van der Waals surface area contributed by atoms with Crippen LogP contribution in [0.15, 0.2) is 18.2 Å². The number of ether oxygens (including phenoxy) is 2. The van der Waals surface area contributed by atoms with E-state index in [1.807, 2.05) is 19.9 Å². The van der Waals surface area contributed by atoms with Gasteiger partial charge in [0.15, 0.2) is 11.6 Å². The average molecular weight is 283 g/mol. The van der Waals surface area contributed by atoms with Crippen LogP contribution in [0.25, 0.3) is 0 Å². The molecule has 0 aliphatic rings. The summed E-state index contributed by atoms with van der Waals surface area (Å²) in [5.74, 6) is 0.236. The minimum atomic E-state index is -0.314. The number of likely N-dealkylation sites (N-methyl/N-ethyl adjacent to an activating group) is 1. The Morgan fingerprint density at radius 3 is 2.45 bits per heavy atom. The summed E-state index contributed by atoms with van der Waals surface area (Å²) in [7, 11) is 1.48. The van der Waals surface area contributed by atoms with Gasteiger partial charge in [-0.3, -0.25) is 0 Å². The zero-order valence-electron chi connectivity index (χ0n) is 13.1. The lowest BCUT2D eigenvalue weighted by Gasteiger charge is -2.31. The Balaban J connectivity index is 3.18. The first-order chi connectivity index (χ1) is 9.56. The molecule has 0 radical (unpaired) electrons. The molecule has 0 spiro atoms. The molecule has 0 aromatic heterocycles. The van der Waals surface area contributed by atoms with Crippen molar-refractivity contribution in [2.75, 3.05) is 20.3 Å². The van der Waals surface area contributed by atoms with E-state index in [2.05, 4.69) is 19.2 Å². The molecular weight excluding hydrogens is 257 g/mol. The predicted octanol–water partition coefficient (Wildman–Crippen LogP) is 3.55. The predicted molar refractivity (Wildman–Crippen MR) is 79.6 cm³/mol. The van der Waals surface area contributed by atoms with Gasteiger partial charge in [0, 0.05) is 12.2 Å². The van der Waals surface area contributed by atoms with E-state index in [4.69, 9.17) is 9.47 Å². The first-order valence-corrected chi connectivity index (χ1v) is 7.24. The van der Waals surface area contributed by atoms with Crippen molar-refractivity contribution in [1.82, 2.24) is 5.32 Å². The second-order valence-corrected chi connectivity index (χ2v) is 5.06. The Bertz CT molecular complexity index is 409. The number of hydrogen-bond acceptors (Lipinski definition) is 3. The molecule has 0 saturated carbocycles. The molecule has 1 aromatic carbocycles. The summed E-state index contributed by atoms with van der Waals surface area (Å²) in [5, 5.41) is 3.34. The molecule has 1 rings (SSSR count). The molecular formula is C16H26FNO2. The van der Waals surface area contributed by atoms with Gasteiger partial charge in [-0.1, -0.05) is 32.9 Å². The summed E-state index contributed by atoms with van der Waals surface area (Å²) in [6.07, 6.45) is -0.0819. The van der Waals surface area contributed by atoms with Crippen LogP contribution in [0.1, 0.15) is 39.3 Å². The fourth-order valence-corrected chi connectivity index (χ4v) is 2.41. The average Bonchev–Trinajstić information content (AvgIpc) is 2.43. The van der Waals surface area contributed by atoms with Crippen LogP contribution in [0.5, 0.6) is 5.75 Å². The van der Waals surface area contributed by atoms with E-state index in [1.165, 1.54) is 7.11 Å². The highest BCUT2D eigenvalue weighted by atomic mass is 19.1. The van der Waals surface area contributed by atoms with Gasteiger partial charge in [-0.15, -0.1) is 0 Å². The highest BCUT2D eigenvalue weighted by Gasteiger charge is 2.29. The maximum Gasteiger partial charge on any atom is 0.169 e. The Morgan fingerprint density at radius 1 is 1.25 bits per heavy atom. The maximum absolute atomic E-state index is 14.5. The summed E-state index contributed by atoms with van der Waals surface area (Å²) >= 11 is 0. The molecule has 1 N–H and O–H groups in total. The molecule has 0 fully saturated rings. The highest BCUT2D eigenvalue weighted by molar-refractivity contribution is 5.33. The van der Waals surface area contributed by atoms with Crippen LogP contribution in [-0.4, -0.2) is 26.4 Å². The van der Waals surface area contributed by atoms with Gasteiger partial charge in [0.2, 0.25) is 0 Å². The van der Waals surface area contributed by atoms with Crippen LogP contribution < -0.4 is 10.1 Å². The van der Waals surface area contributed by atoms with Gasteiger partial charge >= 0.3 is 0 Å². The molecule has 3 nitrogen and oxygen atoms in total. The van der Waals surface area contributed by atoms with Gasteiger partial charge in [0.1, 0.15) is 0 Å². The molecule has 2 atom stereocenters. The van der Waals surface area contributed by atoms with Gasteiger partial charge in [-0.25, -0.2) is 4.39 Å². The SMILES string of the molecule is CCNC(c1cccc(OC)c1F)C(OCC)C(C)C. The van der Waals surface area contributed by atoms with Crippen molar-refractivity contribution in [1.29, 1.82) is 0 Å². The molecule has 114 valence electrons. The van der Waals surface area contributed by atoms with Gasteiger partial charge in [-0.05, 0) is 25.5 Å². The lowest BCUT2D eigenvalue weighted by atomic mass is 9.92. The first kappa shape index (κ1) is 16.9. The summed E-state index contributed by atoms with van der Waals surface area (Å²) in [4.78, 5) is 0. The van der Waals surface area contributed by atoms with Crippen LogP contribution in [0.4, 0.5) is 4.39 Å². The van der Waals surface area contributed by atoms with Crippen molar-refractivity contribution in [3.63, 3.8) is 0 Å². The maximum atomic E-state index is 14.5. The largest absolute Gasteiger partial charge is 0.494 e. The third-order valence-corrected chi connectivity index (χ3v) is 3.32. The molecule has 0 aliphatic heterocycles. The van der Waals surface area contributed by atoms with E-state index in [0.717, 1.165) is 6.54 Å². The van der Waals surface area contributed by atoms with Crippen molar-refractivity contribution < 1.29 is 13.9 Å². The first-order valence-electron chi connectivity index (χ1n) is 7.24. The molecule has 20 heavy (non-hydrogen) atoms. The molecule has 0 bridgehead atoms. The summed E-state index contributed by atoms with van der Waals surface area (Å²) in [6.45, 7) is 9.49. The van der Waals surface area contributed by atoms with Crippen molar-refractivity contribution in [2.45, 2.75) is 39.8 Å². The van der Waals surface area contributed by atoms with E-state index in [-0.39, 0.29) is 29.6 Å². The Kier molecular flexibility index (Phi) is 6.96. The number of halogens is 1. The van der Waals surface area contributed by atoms with E-state index in [0.29, 0.717) is 12.2 Å². The molecule has 0 heterocycles. The molecule has 0 saturated heterocycles. The number of methoxy groups -OCH3 is 1. The smallest absolute Gasteiger partial charge is 0.169 e. The van der Waals surface area contributed by atoms with E-state index >= 15 is 0 Å². The number of rotatable bonds is 8. The second kappa shape index (κ2) is 8.22. The second-order valence-electron chi connectivity index (χ2n) is 5.06. The number of hydrogen-bond donors (Lipinski definition) is 1. The zero-order chi connectivity index (χ0) is 15.1. The normalized spacial score (nSPS) is 14.3. The summed E-state index contributed by atoms with van der Waals surface area (Å²) < 4.78 is 25.4. The standard InChI is InChI=1S/C16H26FNO2/c1-6-18-15(16(11(3)4)20-7-2)12-9-8-10-13(19-5)14(12)17/h8-11,15-16,18H,6-7H2,1-5H3. The summed E-state index contributed by atoms with van der Waals surface area (Å²) in [5.41, 5.74) is 0.596. The molecule has 0 aliphatic carbocycles. The lowest BCUT2D eigenvalue weighted by molar-refractivity contribution is 0.00229. The van der Waals surface area contributed by atoms with Crippen molar-refractivity contribution >= 4 is 0 Å². The minimum Gasteiger partial charge on any atom is -0.494 e. The molecule has 4 heteroatoms. The zero-order valence-corrected chi connectivity index (χ0v) is 13.1. The fourth-order valence-electron chi connectivity index (χ4n) is 2.41. The Labute approximate surface area is 121 Å². The van der Waals surface area contributed by atoms with Crippen LogP contribution >= 0.6 is 0 Å². The van der Waals surface area contributed by atoms with Gasteiger partial charge in [-0.2, -0.15) is 0 Å². The van der Waals surface area contributed by atoms with E-state index < -0.39 is 0 Å². The number of nitrogens with one attached hydrogen (secondary N) is 1. The monoisotopic (exact) mass is 283 g/mol. The quantitative estimate of drug-likeness (QED) is 0.791. The van der Waals surface area contributed by atoms with E-state index in [9.17, 15) is 4.39 Å². The highest BCUT2D eigenvalue weighted by Crippen LogP contribution is 2.30. The minimum absolute atomic E-state index is 0.0819. The number of benzene rings is 1.